The molecule has 2 rings (SSSR count). The Labute approximate surface area is 119 Å². The normalized spacial score (nSPS) is 13.9. The summed E-state index contributed by atoms with van der Waals surface area (Å²) in [5.41, 5.74) is 1.98. The standard InChI is InChI=1S/C15H22N2OS/c1-5-15(3,4)16-10-11(2)19-14-17-12-8-6-7-9-13(12)18-14/h6-9,11,16H,5,10H2,1-4H3. The summed E-state index contributed by atoms with van der Waals surface area (Å²) in [6.45, 7) is 9.79. The van der Waals surface area contributed by atoms with Crippen LogP contribution in [0.3, 0.4) is 0 Å². The van der Waals surface area contributed by atoms with Gasteiger partial charge >= 0.3 is 0 Å². The fourth-order valence-electron chi connectivity index (χ4n) is 1.66. The van der Waals surface area contributed by atoms with Gasteiger partial charge in [-0.2, -0.15) is 0 Å². The number of nitrogens with zero attached hydrogens (tertiary/aromatic N) is 1. The molecule has 0 saturated heterocycles. The number of hydrogen-bond donors (Lipinski definition) is 1. The van der Waals surface area contributed by atoms with E-state index in [2.05, 4.69) is 38.0 Å². The molecule has 0 fully saturated rings. The number of fused-ring (bicyclic) bond motifs is 1. The molecule has 0 aliphatic heterocycles. The van der Waals surface area contributed by atoms with Gasteiger partial charge in [0.05, 0.1) is 0 Å². The number of hydrogen-bond acceptors (Lipinski definition) is 4. The monoisotopic (exact) mass is 278 g/mol. The highest BCUT2D eigenvalue weighted by Gasteiger charge is 2.17. The molecule has 0 aliphatic rings. The molecule has 1 unspecified atom stereocenters. The second-order valence-electron chi connectivity index (χ2n) is 5.49. The summed E-state index contributed by atoms with van der Waals surface area (Å²) in [7, 11) is 0. The van der Waals surface area contributed by atoms with Crippen LogP contribution in [0.2, 0.25) is 0 Å². The van der Waals surface area contributed by atoms with E-state index in [1.807, 2.05) is 24.3 Å². The van der Waals surface area contributed by atoms with Crippen LogP contribution in [-0.2, 0) is 0 Å². The minimum atomic E-state index is 0.191. The minimum absolute atomic E-state index is 0.191. The van der Waals surface area contributed by atoms with E-state index in [1.54, 1.807) is 11.8 Å². The Morgan fingerprint density at radius 2 is 2.11 bits per heavy atom. The van der Waals surface area contributed by atoms with Gasteiger partial charge in [0.25, 0.3) is 5.22 Å². The summed E-state index contributed by atoms with van der Waals surface area (Å²) in [5.74, 6) is 0. The molecule has 0 amide bonds. The van der Waals surface area contributed by atoms with Crippen molar-refractivity contribution in [2.75, 3.05) is 6.54 Å². The average molecular weight is 278 g/mol. The van der Waals surface area contributed by atoms with E-state index in [0.29, 0.717) is 5.25 Å². The van der Waals surface area contributed by atoms with Crippen molar-refractivity contribution in [1.29, 1.82) is 0 Å². The van der Waals surface area contributed by atoms with Crippen LogP contribution in [0.15, 0.2) is 33.9 Å². The van der Waals surface area contributed by atoms with Crippen molar-refractivity contribution in [3.8, 4) is 0 Å². The molecule has 0 saturated carbocycles. The van der Waals surface area contributed by atoms with E-state index in [1.165, 1.54) is 0 Å². The smallest absolute Gasteiger partial charge is 0.257 e. The van der Waals surface area contributed by atoms with Crippen LogP contribution in [0, 0.1) is 0 Å². The first-order chi connectivity index (χ1) is 9.00. The van der Waals surface area contributed by atoms with Crippen LogP contribution >= 0.6 is 11.8 Å². The largest absolute Gasteiger partial charge is 0.431 e. The van der Waals surface area contributed by atoms with Gasteiger partial charge in [0.2, 0.25) is 0 Å². The second-order valence-corrected chi connectivity index (χ2v) is 6.88. The van der Waals surface area contributed by atoms with Crippen LogP contribution in [0.4, 0.5) is 0 Å². The lowest BCUT2D eigenvalue weighted by atomic mass is 10.0. The zero-order chi connectivity index (χ0) is 13.9. The molecule has 0 bridgehead atoms. The van der Waals surface area contributed by atoms with E-state index in [-0.39, 0.29) is 5.54 Å². The van der Waals surface area contributed by atoms with Gasteiger partial charge in [0, 0.05) is 17.3 Å². The van der Waals surface area contributed by atoms with Crippen molar-refractivity contribution < 1.29 is 4.42 Å². The van der Waals surface area contributed by atoms with Crippen LogP contribution < -0.4 is 5.32 Å². The first kappa shape index (κ1) is 14.4. The molecular weight excluding hydrogens is 256 g/mol. The Kier molecular flexibility index (Phi) is 4.53. The second kappa shape index (κ2) is 5.97. The highest BCUT2D eigenvalue weighted by Crippen LogP contribution is 2.26. The first-order valence-corrected chi connectivity index (χ1v) is 7.65. The fraction of sp³-hybridized carbons (Fsp3) is 0.533. The maximum absolute atomic E-state index is 5.72. The molecule has 104 valence electrons. The van der Waals surface area contributed by atoms with Gasteiger partial charge in [-0.3, -0.25) is 0 Å². The molecule has 1 N–H and O–H groups in total. The van der Waals surface area contributed by atoms with E-state index in [9.17, 15) is 0 Å². The summed E-state index contributed by atoms with van der Waals surface area (Å²) in [6, 6.07) is 7.88. The number of nitrogens with one attached hydrogen (secondary N) is 1. The molecule has 1 atom stereocenters. The van der Waals surface area contributed by atoms with Crippen LogP contribution in [0.25, 0.3) is 11.1 Å². The Bertz CT molecular complexity index is 503. The topological polar surface area (TPSA) is 38.1 Å². The molecule has 0 spiro atoms. The molecule has 19 heavy (non-hydrogen) atoms. The maximum Gasteiger partial charge on any atom is 0.257 e. The molecule has 1 aromatic heterocycles. The number of oxazole rings is 1. The van der Waals surface area contributed by atoms with Gasteiger partial charge in [-0.15, -0.1) is 0 Å². The van der Waals surface area contributed by atoms with Crippen molar-refractivity contribution in [2.45, 2.75) is 50.1 Å². The van der Waals surface area contributed by atoms with Gasteiger partial charge in [-0.05, 0) is 32.4 Å². The van der Waals surface area contributed by atoms with E-state index in [4.69, 9.17) is 4.42 Å². The summed E-state index contributed by atoms with van der Waals surface area (Å²) in [5, 5.41) is 4.76. The lowest BCUT2D eigenvalue weighted by Gasteiger charge is -2.26. The van der Waals surface area contributed by atoms with Crippen molar-refractivity contribution in [3.05, 3.63) is 24.3 Å². The average Bonchev–Trinajstić information content (AvgIpc) is 2.78. The van der Waals surface area contributed by atoms with Crippen LogP contribution in [-0.4, -0.2) is 22.3 Å². The lowest BCUT2D eigenvalue weighted by molar-refractivity contribution is 0.379. The third kappa shape index (κ3) is 3.98. The zero-order valence-corrected chi connectivity index (χ0v) is 12.9. The number of benzene rings is 1. The van der Waals surface area contributed by atoms with Crippen LogP contribution in [0.1, 0.15) is 34.1 Å². The molecule has 2 aromatic rings. The van der Waals surface area contributed by atoms with E-state index < -0.39 is 0 Å². The lowest BCUT2D eigenvalue weighted by Crippen LogP contribution is -2.41. The number of aromatic nitrogens is 1. The van der Waals surface area contributed by atoms with Crippen molar-refractivity contribution in [2.24, 2.45) is 0 Å². The molecular formula is C15H22N2OS. The summed E-state index contributed by atoms with van der Waals surface area (Å²) in [6.07, 6.45) is 1.12. The molecule has 4 heteroatoms. The van der Waals surface area contributed by atoms with Crippen molar-refractivity contribution >= 4 is 22.9 Å². The predicted octanol–water partition coefficient (Wildman–Crippen LogP) is 4.09. The SMILES string of the molecule is CCC(C)(C)NCC(C)Sc1nc2ccccc2o1. The quantitative estimate of drug-likeness (QED) is 0.808. The minimum Gasteiger partial charge on any atom is -0.431 e. The van der Waals surface area contributed by atoms with Crippen molar-refractivity contribution in [3.63, 3.8) is 0 Å². The molecule has 3 nitrogen and oxygen atoms in total. The van der Waals surface area contributed by atoms with Gasteiger partial charge in [-0.1, -0.05) is 37.7 Å². The Morgan fingerprint density at radius 1 is 1.37 bits per heavy atom. The zero-order valence-electron chi connectivity index (χ0n) is 12.1. The summed E-state index contributed by atoms with van der Waals surface area (Å²) >= 11 is 1.68. The number of rotatable bonds is 6. The molecule has 1 heterocycles. The highest BCUT2D eigenvalue weighted by atomic mass is 32.2. The van der Waals surface area contributed by atoms with Gasteiger partial charge in [-0.25, -0.2) is 4.98 Å². The molecule has 0 radical (unpaired) electrons. The number of para-hydroxylation sites is 2. The van der Waals surface area contributed by atoms with Gasteiger partial charge in [0.15, 0.2) is 5.58 Å². The summed E-state index contributed by atoms with van der Waals surface area (Å²) < 4.78 is 5.72. The first-order valence-electron chi connectivity index (χ1n) is 6.77. The Morgan fingerprint density at radius 3 is 2.79 bits per heavy atom. The Hall–Kier alpha value is -1.00. The van der Waals surface area contributed by atoms with Gasteiger partial charge < -0.3 is 9.73 Å². The maximum atomic E-state index is 5.72. The fourth-order valence-corrected chi connectivity index (χ4v) is 2.46. The number of thioether (sulfide) groups is 1. The van der Waals surface area contributed by atoms with Gasteiger partial charge in [0.1, 0.15) is 5.52 Å². The third-order valence-corrected chi connectivity index (χ3v) is 4.27. The molecule has 1 aromatic carbocycles. The molecule has 0 aliphatic carbocycles. The third-order valence-electron chi connectivity index (χ3n) is 3.33. The predicted molar refractivity (Wildman–Crippen MR) is 81.7 cm³/mol. The van der Waals surface area contributed by atoms with Crippen LogP contribution in [0.5, 0.6) is 0 Å². The highest BCUT2D eigenvalue weighted by molar-refractivity contribution is 7.99. The van der Waals surface area contributed by atoms with Crippen molar-refractivity contribution in [1.82, 2.24) is 10.3 Å². The van der Waals surface area contributed by atoms with E-state index in [0.717, 1.165) is 29.3 Å². The van der Waals surface area contributed by atoms with E-state index >= 15 is 0 Å². The Balaban J connectivity index is 1.93. The summed E-state index contributed by atoms with van der Waals surface area (Å²) in [4.78, 5) is 4.49.